The van der Waals surface area contributed by atoms with Crippen LogP contribution in [-0.4, -0.2) is 48.7 Å². The van der Waals surface area contributed by atoms with E-state index in [1.54, 1.807) is 18.2 Å². The standard InChI is InChI=1S/C22H14F7N3O3S.C21H13F7N2OS.C13H9F6NOS.C8H5BrFN/c1-10-16(36-19(30-10)12-3-5-13(6-4-12)21(24,25)26)17(22(27,28)29)34-9-11-2-7-14(15(23)8-11)18-31-20(33)35-32-18;1-11-17(32-19(30-11)13-4-6-15(7-5-13)20(23,24)25)18(21(26,27)28)31-10-12-2-3-14(9-29)16(22)8-12;1-6-9(10(21)13(17,18)19)22-11(20-6)7-2-4-8(5-3-7)12(14,15)16;9-4-6-1-2-7(5-11)8(10)3-6/h2-8,17H,9H2,1H3,(H,31,32,33);2-8,18H,10H2,1H3;2-5,10,21H,1H3;1-3H,4H2. The number of aromatic amines is 1. The van der Waals surface area contributed by atoms with Crippen molar-refractivity contribution in [1.82, 2.24) is 25.1 Å². The van der Waals surface area contributed by atoms with Gasteiger partial charge in [-0.25, -0.2) is 32.9 Å². The summed E-state index contributed by atoms with van der Waals surface area (Å²) in [5.41, 5.74) is -1.24. The third-order valence-corrected chi connectivity index (χ3v) is 17.9. The number of rotatable bonds is 14. The van der Waals surface area contributed by atoms with Crippen LogP contribution >= 0.6 is 49.9 Å². The number of benzene rings is 6. The summed E-state index contributed by atoms with van der Waals surface area (Å²) in [6.07, 6.45) is -35.5. The fraction of sp³-hybridized carbons (Fsp3) is 0.234. The van der Waals surface area contributed by atoms with E-state index < -0.39 is 108 Å². The van der Waals surface area contributed by atoms with Crippen molar-refractivity contribution in [2.75, 3.05) is 0 Å². The summed E-state index contributed by atoms with van der Waals surface area (Å²) < 4.78 is 289. The number of nitriles is 2. The van der Waals surface area contributed by atoms with Gasteiger partial charge in [-0.15, -0.1) is 34.0 Å². The van der Waals surface area contributed by atoms with Gasteiger partial charge in [0.2, 0.25) is 0 Å². The Morgan fingerprint density at radius 3 is 1.14 bits per heavy atom. The summed E-state index contributed by atoms with van der Waals surface area (Å²) in [7, 11) is 0. The predicted molar refractivity (Wildman–Crippen MR) is 327 cm³/mol. The highest BCUT2D eigenvalue weighted by atomic mass is 79.9. The molecule has 101 heavy (non-hydrogen) atoms. The number of ether oxygens (including phenoxy) is 2. The van der Waals surface area contributed by atoms with Crippen LogP contribution in [0.1, 0.15) is 94.5 Å². The number of nitrogens with zero attached hydrogens (tertiary/aromatic N) is 6. The largest absolute Gasteiger partial charge is 0.439 e. The van der Waals surface area contributed by atoms with Crippen LogP contribution in [-0.2, 0) is 46.5 Å². The topological polar surface area (TPSA) is 184 Å². The molecule has 0 aliphatic heterocycles. The first-order valence-electron chi connectivity index (χ1n) is 27.8. The highest BCUT2D eigenvalue weighted by Gasteiger charge is 2.46. The fourth-order valence-corrected chi connectivity index (χ4v) is 12.3. The molecule has 534 valence electrons. The second kappa shape index (κ2) is 32.3. The number of halogens is 22. The minimum atomic E-state index is -4.85. The van der Waals surface area contributed by atoms with Gasteiger partial charge in [-0.3, -0.25) is 9.51 Å². The first kappa shape index (κ1) is 79.3. The van der Waals surface area contributed by atoms with Gasteiger partial charge in [0.15, 0.2) is 24.1 Å². The van der Waals surface area contributed by atoms with E-state index >= 15 is 0 Å². The molecule has 3 unspecified atom stereocenters. The molecule has 10 aromatic rings. The Morgan fingerprint density at radius 1 is 0.495 bits per heavy atom. The molecule has 37 heteroatoms. The van der Waals surface area contributed by atoms with E-state index in [-0.39, 0.29) is 97.1 Å². The van der Waals surface area contributed by atoms with Crippen molar-refractivity contribution >= 4 is 49.9 Å². The first-order chi connectivity index (χ1) is 47.0. The highest BCUT2D eigenvalue weighted by molar-refractivity contribution is 9.08. The molecule has 6 aromatic carbocycles. The SMILES string of the molecule is Cc1nc(-c2ccc(C(F)(F)F)cc2)sc1C(O)C(F)(F)F.Cc1nc(-c2ccc(C(F)(F)F)cc2)sc1C(OCc1ccc(-c2noc(=O)[nH]2)c(F)c1)C(F)(F)F.Cc1nc(-c2ccc(C(F)(F)F)cc2)sc1C(OCc1ccc(C#N)c(F)c1)C(F)(F)F.N#Cc1ccc(CBr)cc1F. The normalized spacial score (nSPS) is 13.0. The molecule has 0 aliphatic rings. The fourth-order valence-electron chi connectivity index (χ4n) is 8.54. The monoisotopic (exact) mass is 1560 g/mol. The summed E-state index contributed by atoms with van der Waals surface area (Å²) in [6, 6.07) is 26.4. The van der Waals surface area contributed by atoms with Crippen molar-refractivity contribution in [3.8, 4) is 55.2 Å². The Morgan fingerprint density at radius 2 is 0.832 bits per heavy atom. The second-order valence-electron chi connectivity index (χ2n) is 20.8. The molecule has 0 fully saturated rings. The van der Waals surface area contributed by atoms with E-state index in [0.29, 0.717) is 39.3 Å². The molecule has 4 heterocycles. The molecule has 0 radical (unpaired) electrons. The zero-order chi connectivity index (χ0) is 74.9. The smallest absolute Gasteiger partial charge is 0.379 e. The molecule has 0 amide bonds. The Hall–Kier alpha value is -8.98. The van der Waals surface area contributed by atoms with Crippen LogP contribution in [0, 0.1) is 60.9 Å². The van der Waals surface area contributed by atoms with Gasteiger partial charge in [-0.2, -0.15) is 89.6 Å². The molecule has 3 atom stereocenters. The van der Waals surface area contributed by atoms with E-state index in [2.05, 4.69) is 45.5 Å². The number of aliphatic hydroxyl groups excluding tert-OH is 1. The number of aliphatic hydroxyl groups is 1. The number of nitrogens with one attached hydrogen (secondary N) is 1. The average Bonchev–Trinajstić information content (AvgIpc) is 1.68. The minimum Gasteiger partial charge on any atom is -0.379 e. The maximum atomic E-state index is 14.4. The molecule has 4 aromatic heterocycles. The molecular formula is C64H41BrF21N7O5S3. The van der Waals surface area contributed by atoms with Gasteiger partial charge in [-0.1, -0.05) is 75.7 Å². The van der Waals surface area contributed by atoms with Gasteiger partial charge in [0.05, 0.1) is 78.3 Å². The van der Waals surface area contributed by atoms with Crippen molar-refractivity contribution in [2.45, 2.75) is 94.7 Å². The van der Waals surface area contributed by atoms with Crippen molar-refractivity contribution in [2.24, 2.45) is 0 Å². The Kier molecular flexibility index (Phi) is 25.4. The van der Waals surface area contributed by atoms with Gasteiger partial charge in [0, 0.05) is 22.0 Å². The van der Waals surface area contributed by atoms with E-state index in [0.717, 1.165) is 96.6 Å². The van der Waals surface area contributed by atoms with Gasteiger partial charge >= 0.3 is 42.8 Å². The van der Waals surface area contributed by atoms with Crippen LogP contribution in [0.5, 0.6) is 0 Å². The molecule has 0 spiro atoms. The number of aromatic nitrogens is 5. The average molecular weight is 1560 g/mol. The van der Waals surface area contributed by atoms with Crippen molar-refractivity contribution in [1.29, 1.82) is 10.5 Å². The number of hydrogen-bond acceptors (Lipinski definition) is 14. The molecule has 0 bridgehead atoms. The van der Waals surface area contributed by atoms with Gasteiger partial charge in [-0.05, 0) is 110 Å². The summed E-state index contributed by atoms with van der Waals surface area (Å²) in [5.74, 6) is -3.29. The van der Waals surface area contributed by atoms with E-state index in [1.807, 2.05) is 0 Å². The van der Waals surface area contributed by atoms with Crippen LogP contribution < -0.4 is 5.76 Å². The van der Waals surface area contributed by atoms with Crippen molar-refractivity contribution in [3.63, 3.8) is 0 Å². The lowest BCUT2D eigenvalue weighted by molar-refractivity contribution is -0.226. The lowest BCUT2D eigenvalue weighted by Gasteiger charge is -2.20. The Balaban J connectivity index is 0.000000201. The summed E-state index contributed by atoms with van der Waals surface area (Å²) >= 11 is 5.08. The number of H-pyrrole nitrogens is 1. The first-order valence-corrected chi connectivity index (χ1v) is 31.4. The lowest BCUT2D eigenvalue weighted by atomic mass is 10.1. The molecule has 0 aliphatic carbocycles. The minimum absolute atomic E-state index is 0.00580. The van der Waals surface area contributed by atoms with Gasteiger partial charge < -0.3 is 14.6 Å². The van der Waals surface area contributed by atoms with E-state index in [4.69, 9.17) is 20.0 Å². The van der Waals surface area contributed by atoms with Crippen LogP contribution in [0.15, 0.2) is 137 Å². The second-order valence-corrected chi connectivity index (χ2v) is 24.4. The van der Waals surface area contributed by atoms with Gasteiger partial charge in [0.1, 0.15) is 44.6 Å². The third-order valence-electron chi connectivity index (χ3n) is 13.5. The van der Waals surface area contributed by atoms with E-state index in [9.17, 15) is 102 Å². The third kappa shape index (κ3) is 21.1. The summed E-state index contributed by atoms with van der Waals surface area (Å²) in [6.45, 7) is 2.76. The molecule has 12 nitrogen and oxygen atoms in total. The Bertz CT molecular complexity index is 4620. The van der Waals surface area contributed by atoms with Gasteiger partial charge in [0.25, 0.3) is 0 Å². The number of thiazole rings is 3. The van der Waals surface area contributed by atoms with Crippen LogP contribution in [0.2, 0.25) is 0 Å². The zero-order valence-corrected chi connectivity index (χ0v) is 54.8. The molecule has 2 N–H and O–H groups in total. The molecule has 10 rings (SSSR count). The molecule has 0 saturated carbocycles. The summed E-state index contributed by atoms with van der Waals surface area (Å²) in [4.78, 5) is 24.3. The predicted octanol–water partition coefficient (Wildman–Crippen LogP) is 20.7. The zero-order valence-electron chi connectivity index (χ0n) is 50.8. The maximum Gasteiger partial charge on any atom is 0.439 e. The lowest BCUT2D eigenvalue weighted by Crippen LogP contribution is -2.23. The number of aryl methyl sites for hydroxylation is 3. The molecular weight excluding hydrogens is 1520 g/mol. The Labute approximate surface area is 575 Å². The van der Waals surface area contributed by atoms with Crippen LogP contribution in [0.25, 0.3) is 43.1 Å². The van der Waals surface area contributed by atoms with Crippen LogP contribution in [0.3, 0.4) is 0 Å². The highest BCUT2D eigenvalue weighted by Crippen LogP contribution is 2.46. The number of alkyl halides is 19. The van der Waals surface area contributed by atoms with E-state index in [1.165, 1.54) is 51.1 Å². The molecule has 0 saturated heterocycles. The number of hydrogen-bond donors (Lipinski definition) is 2. The summed E-state index contributed by atoms with van der Waals surface area (Å²) in [5, 5.41) is 30.6. The van der Waals surface area contributed by atoms with Crippen molar-refractivity contribution in [3.05, 3.63) is 232 Å². The quantitative estimate of drug-likeness (QED) is 0.0780. The van der Waals surface area contributed by atoms with Crippen molar-refractivity contribution < 1.29 is 111 Å². The van der Waals surface area contributed by atoms with Crippen LogP contribution in [0.4, 0.5) is 92.2 Å². The maximum absolute atomic E-state index is 14.4.